The minimum atomic E-state index is -3.59. The van der Waals surface area contributed by atoms with Crippen LogP contribution in [0.25, 0.3) is 0 Å². The number of carbonyl (C=O) groups is 4. The van der Waals surface area contributed by atoms with Crippen LogP contribution < -0.4 is 40.8 Å². The summed E-state index contributed by atoms with van der Waals surface area (Å²) in [6.45, 7) is 3.94. The van der Waals surface area contributed by atoms with Crippen LogP contribution in [0, 0.1) is 17.6 Å². The molecule has 3 saturated heterocycles. The molecule has 4 N–H and O–H groups in total. The van der Waals surface area contributed by atoms with Crippen LogP contribution in [0.3, 0.4) is 0 Å². The smallest absolute Gasteiger partial charge is 0.342 e. The Hall–Kier alpha value is -5.76. The van der Waals surface area contributed by atoms with Crippen LogP contribution in [0.15, 0.2) is 36.5 Å². The molecule has 1 unspecified atom stereocenters. The molecule has 0 bridgehead atoms. The van der Waals surface area contributed by atoms with Gasteiger partial charge in [0.2, 0.25) is 17.8 Å². The lowest BCUT2D eigenvalue weighted by atomic mass is 9.94. The molecule has 20 heteroatoms. The summed E-state index contributed by atoms with van der Waals surface area (Å²) in [5.41, 5.74) is 4.11. The molecule has 3 aromatic rings. The van der Waals surface area contributed by atoms with Gasteiger partial charge in [-0.25, -0.2) is 18.8 Å². The Balaban J connectivity index is 0.797. The molecular formula is C43H53F4N11O5. The van der Waals surface area contributed by atoms with Crippen molar-refractivity contribution in [1.82, 2.24) is 30.6 Å². The lowest BCUT2D eigenvalue weighted by Gasteiger charge is -2.38. The number of benzene rings is 2. The van der Waals surface area contributed by atoms with Crippen molar-refractivity contribution in [3.63, 3.8) is 0 Å². The van der Waals surface area contributed by atoms with E-state index in [4.69, 9.17) is 4.74 Å². The number of nitrogens with one attached hydrogen (secondary N) is 4. The van der Waals surface area contributed by atoms with Gasteiger partial charge in [-0.1, -0.05) is 12.8 Å². The van der Waals surface area contributed by atoms with E-state index in [2.05, 4.69) is 36.2 Å². The number of piperidine rings is 2. The van der Waals surface area contributed by atoms with Crippen molar-refractivity contribution in [2.75, 3.05) is 91.8 Å². The predicted molar refractivity (Wildman–Crippen MR) is 227 cm³/mol. The van der Waals surface area contributed by atoms with E-state index >= 15 is 17.6 Å². The van der Waals surface area contributed by atoms with E-state index in [0.29, 0.717) is 62.2 Å². The summed E-state index contributed by atoms with van der Waals surface area (Å²) in [7, 11) is 2.78. The highest BCUT2D eigenvalue weighted by Gasteiger charge is 2.49. The highest BCUT2D eigenvalue weighted by Crippen LogP contribution is 2.40. The Morgan fingerprint density at radius 3 is 2.38 bits per heavy atom. The van der Waals surface area contributed by atoms with Gasteiger partial charge in [0.25, 0.3) is 11.8 Å². The summed E-state index contributed by atoms with van der Waals surface area (Å²) >= 11 is 0. The third-order valence-electron chi connectivity index (χ3n) is 12.9. The molecule has 1 aromatic heterocycles. The largest absolute Gasteiger partial charge is 0.495 e. The van der Waals surface area contributed by atoms with Crippen LogP contribution in [-0.2, 0) is 14.4 Å². The van der Waals surface area contributed by atoms with Crippen molar-refractivity contribution < 1.29 is 41.5 Å². The molecular weight excluding hydrogens is 827 g/mol. The summed E-state index contributed by atoms with van der Waals surface area (Å²) < 4.78 is 65.9. The van der Waals surface area contributed by atoms with Crippen molar-refractivity contribution in [2.24, 2.45) is 5.92 Å². The molecule has 0 spiro atoms. The van der Waals surface area contributed by atoms with Crippen LogP contribution in [0.1, 0.15) is 68.1 Å². The fraction of sp³-hybridized carbons (Fsp3) is 0.535. The molecule has 1 atom stereocenters. The predicted octanol–water partition coefficient (Wildman–Crippen LogP) is 4.65. The van der Waals surface area contributed by atoms with Crippen molar-refractivity contribution in [1.29, 1.82) is 0 Å². The lowest BCUT2D eigenvalue weighted by molar-refractivity contribution is -0.140. The summed E-state index contributed by atoms with van der Waals surface area (Å²) in [6, 6.07) is 6.16. The van der Waals surface area contributed by atoms with E-state index in [1.54, 1.807) is 18.2 Å². The normalized spacial score (nSPS) is 21.5. The molecule has 63 heavy (non-hydrogen) atoms. The standard InChI is InChI=1S/C43H53F4N11O5/c1-54-35-24-48-42(52-38(35)58(28-5-3-4-6-28)25-43(46,47)41(54)62)50-31-8-7-27(21-36(31)63-2)39(60)53-57-15-12-26(13-16-57)11-14-55-17-19-56(20-18-55)34-23-29(44)33(22-30(34)45)49-32-9-10-37(59)51-40(32)61/h7-8,21-24,26,28,32,49H,3-6,9-20,25H2,1-2H3,(H,53,60)(H,48,50,52)(H,51,59,61). The van der Waals surface area contributed by atoms with Crippen molar-refractivity contribution in [3.8, 4) is 5.75 Å². The van der Waals surface area contributed by atoms with Crippen molar-refractivity contribution in [2.45, 2.75) is 75.8 Å². The Labute approximate surface area is 362 Å². The maximum Gasteiger partial charge on any atom is 0.342 e. The van der Waals surface area contributed by atoms with E-state index < -0.39 is 42.0 Å². The second-order valence-electron chi connectivity index (χ2n) is 17.0. The Morgan fingerprint density at radius 2 is 1.67 bits per heavy atom. The number of hydrogen-bond acceptors (Lipinski definition) is 13. The summed E-state index contributed by atoms with van der Waals surface area (Å²) in [5, 5.41) is 9.97. The first-order valence-electron chi connectivity index (χ1n) is 21.6. The van der Waals surface area contributed by atoms with Gasteiger partial charge in [-0.3, -0.25) is 34.8 Å². The van der Waals surface area contributed by atoms with Crippen LogP contribution >= 0.6 is 0 Å². The number of aromatic nitrogens is 2. The maximum atomic E-state index is 15.2. The van der Waals surface area contributed by atoms with Crippen LogP contribution in [0.5, 0.6) is 5.75 Å². The van der Waals surface area contributed by atoms with Gasteiger partial charge >= 0.3 is 5.92 Å². The number of ether oxygens (including phenoxy) is 1. The minimum Gasteiger partial charge on any atom is -0.495 e. The molecule has 2 aromatic carbocycles. The fourth-order valence-corrected chi connectivity index (χ4v) is 9.19. The SMILES string of the molecule is COc1cc(C(=O)NN2CCC(CCN3CCN(c4cc(F)c(NC5CCC(=O)NC5=O)cc4F)CC3)CC2)ccc1Nc1ncc2c(n1)N(C1CCCC1)CC(F)(F)C(=O)N2C. The van der Waals surface area contributed by atoms with E-state index in [1.165, 1.54) is 25.3 Å². The van der Waals surface area contributed by atoms with E-state index in [0.717, 1.165) is 68.5 Å². The van der Waals surface area contributed by atoms with E-state index in [1.807, 2.05) is 9.91 Å². The molecule has 4 amide bonds. The van der Waals surface area contributed by atoms with Gasteiger partial charge in [0.15, 0.2) is 5.82 Å². The number of methoxy groups -OCH3 is 1. The number of hydrogen-bond donors (Lipinski definition) is 4. The first-order valence-corrected chi connectivity index (χ1v) is 21.6. The van der Waals surface area contributed by atoms with Crippen molar-refractivity contribution >= 4 is 58.1 Å². The Kier molecular flexibility index (Phi) is 12.9. The molecule has 1 aliphatic carbocycles. The van der Waals surface area contributed by atoms with Crippen LogP contribution in [0.2, 0.25) is 0 Å². The Bertz CT molecular complexity index is 2210. The van der Waals surface area contributed by atoms with Crippen LogP contribution in [0.4, 0.5) is 52.1 Å². The van der Waals surface area contributed by atoms with Crippen LogP contribution in [-0.4, -0.2) is 128 Å². The number of imide groups is 1. The molecule has 4 fully saturated rings. The maximum absolute atomic E-state index is 15.2. The highest BCUT2D eigenvalue weighted by atomic mass is 19.3. The second-order valence-corrected chi connectivity index (χ2v) is 17.0. The molecule has 5 aliphatic rings. The Morgan fingerprint density at radius 1 is 0.921 bits per heavy atom. The molecule has 8 rings (SSSR count). The first-order chi connectivity index (χ1) is 30.3. The number of halogens is 4. The quantitative estimate of drug-likeness (QED) is 0.147. The zero-order valence-corrected chi connectivity index (χ0v) is 35.4. The van der Waals surface area contributed by atoms with E-state index in [-0.39, 0.29) is 59.5 Å². The topological polar surface area (TPSA) is 168 Å². The molecule has 16 nitrogen and oxygen atoms in total. The third-order valence-corrected chi connectivity index (χ3v) is 12.9. The van der Waals surface area contributed by atoms with Crippen molar-refractivity contribution in [3.05, 3.63) is 53.7 Å². The zero-order chi connectivity index (χ0) is 44.4. The average molecular weight is 880 g/mol. The number of carbonyl (C=O) groups excluding carboxylic acids is 4. The molecule has 5 heterocycles. The first kappa shape index (κ1) is 43.9. The number of hydrazine groups is 1. The third kappa shape index (κ3) is 9.75. The van der Waals surface area contributed by atoms with Gasteiger partial charge in [-0.15, -0.1) is 0 Å². The summed E-state index contributed by atoms with van der Waals surface area (Å²) in [6.07, 6.45) is 7.74. The number of nitrogens with zero attached hydrogens (tertiary/aromatic N) is 7. The second kappa shape index (κ2) is 18.5. The highest BCUT2D eigenvalue weighted by molar-refractivity contribution is 6.02. The van der Waals surface area contributed by atoms with Gasteiger partial charge in [0.05, 0.1) is 36.9 Å². The molecule has 4 aliphatic heterocycles. The number of alkyl halides is 2. The number of fused-ring (bicyclic) bond motifs is 1. The minimum absolute atomic E-state index is 0.117. The van der Waals surface area contributed by atoms with Gasteiger partial charge in [0, 0.05) is 76.5 Å². The van der Waals surface area contributed by atoms with Gasteiger partial charge in [0.1, 0.15) is 29.1 Å². The van der Waals surface area contributed by atoms with Gasteiger partial charge in [-0.2, -0.15) is 13.8 Å². The van der Waals surface area contributed by atoms with Gasteiger partial charge in [-0.05, 0) is 69.2 Å². The molecule has 1 saturated carbocycles. The fourth-order valence-electron chi connectivity index (χ4n) is 9.19. The lowest BCUT2D eigenvalue weighted by Crippen LogP contribution is -2.48. The number of piperazine rings is 1. The molecule has 338 valence electrons. The zero-order valence-electron chi connectivity index (χ0n) is 35.4. The van der Waals surface area contributed by atoms with Gasteiger partial charge < -0.3 is 30.1 Å². The summed E-state index contributed by atoms with van der Waals surface area (Å²) in [5.74, 6) is -6.19. The summed E-state index contributed by atoms with van der Waals surface area (Å²) in [4.78, 5) is 65.2. The monoisotopic (exact) mass is 879 g/mol. The number of amides is 4. The number of rotatable bonds is 12. The van der Waals surface area contributed by atoms with E-state index in [9.17, 15) is 19.2 Å². The average Bonchev–Trinajstić information content (AvgIpc) is 3.80. The number of anilines is 6. The molecule has 0 radical (unpaired) electrons.